The van der Waals surface area contributed by atoms with E-state index in [0.29, 0.717) is 42.1 Å². The molecule has 1 saturated carbocycles. The van der Waals surface area contributed by atoms with Gasteiger partial charge in [0.2, 0.25) is 0 Å². The fourth-order valence-electron chi connectivity index (χ4n) is 5.46. The molecule has 0 atom stereocenters. The number of ketones is 1. The predicted octanol–water partition coefficient (Wildman–Crippen LogP) is 7.22. The van der Waals surface area contributed by atoms with Gasteiger partial charge in [-0.05, 0) is 97.8 Å². The molecule has 42 heavy (non-hydrogen) atoms. The molecule has 7 rings (SSSR count). The number of anilines is 3. The Morgan fingerprint density at radius 1 is 0.952 bits per heavy atom. The summed E-state index contributed by atoms with van der Waals surface area (Å²) in [5.41, 5.74) is 4.52. The van der Waals surface area contributed by atoms with Gasteiger partial charge in [-0.15, -0.1) is 11.3 Å². The standard InChI is InChI=1S/C33H29BrN4O3S/c34-24-7-10-27-26(18-24)31-22(17-29(42-31)28(39)16-20-2-3-20)12-15-38(27)33(41)21-4-8-25(9-5-21)36-32(40)23-6-11-30(35-19-23)37-13-1-14-37/h4-11,17-20H,1-3,12-16H2,(H,36,40). The number of fused-ring (bicyclic) bond motifs is 3. The van der Waals surface area contributed by atoms with Crippen LogP contribution < -0.4 is 15.1 Å². The third-order valence-electron chi connectivity index (χ3n) is 8.18. The molecule has 2 fully saturated rings. The van der Waals surface area contributed by atoms with Gasteiger partial charge in [0.15, 0.2) is 5.78 Å². The monoisotopic (exact) mass is 640 g/mol. The van der Waals surface area contributed by atoms with Gasteiger partial charge in [-0.25, -0.2) is 4.98 Å². The van der Waals surface area contributed by atoms with E-state index < -0.39 is 0 Å². The van der Waals surface area contributed by atoms with Gasteiger partial charge >= 0.3 is 0 Å². The first-order valence-corrected chi connectivity index (χ1v) is 15.9. The van der Waals surface area contributed by atoms with Gasteiger partial charge in [0.1, 0.15) is 5.82 Å². The quantitative estimate of drug-likeness (QED) is 0.216. The number of nitrogens with zero attached hydrogens (tertiary/aromatic N) is 3. The number of carbonyl (C=O) groups excluding carboxylic acids is 3. The first-order valence-electron chi connectivity index (χ1n) is 14.3. The van der Waals surface area contributed by atoms with E-state index >= 15 is 0 Å². The molecule has 2 aromatic carbocycles. The molecule has 0 bridgehead atoms. The van der Waals surface area contributed by atoms with Crippen LogP contribution in [0, 0.1) is 5.92 Å². The molecule has 4 aromatic rings. The van der Waals surface area contributed by atoms with E-state index in [0.717, 1.165) is 62.8 Å². The average Bonchev–Trinajstić information content (AvgIpc) is 3.71. The lowest BCUT2D eigenvalue weighted by molar-refractivity contribution is 0.0974. The highest BCUT2D eigenvalue weighted by Gasteiger charge is 2.30. The van der Waals surface area contributed by atoms with Crippen molar-refractivity contribution in [3.63, 3.8) is 0 Å². The van der Waals surface area contributed by atoms with Gasteiger partial charge in [0, 0.05) is 58.4 Å². The number of aromatic nitrogens is 1. The van der Waals surface area contributed by atoms with Crippen LogP contribution in [0.15, 0.2) is 71.3 Å². The maximum Gasteiger partial charge on any atom is 0.258 e. The summed E-state index contributed by atoms with van der Waals surface area (Å²) in [6.45, 7) is 2.51. The van der Waals surface area contributed by atoms with E-state index in [9.17, 15) is 14.4 Å². The van der Waals surface area contributed by atoms with Crippen LogP contribution in [-0.2, 0) is 6.42 Å². The number of thiophene rings is 1. The molecule has 1 N–H and O–H groups in total. The summed E-state index contributed by atoms with van der Waals surface area (Å²) in [5, 5.41) is 2.90. The highest BCUT2D eigenvalue weighted by atomic mass is 79.9. The number of amides is 2. The lowest BCUT2D eigenvalue weighted by atomic mass is 10.1. The van der Waals surface area contributed by atoms with Crippen LogP contribution in [0.25, 0.3) is 10.4 Å². The van der Waals surface area contributed by atoms with E-state index in [1.54, 1.807) is 47.9 Å². The van der Waals surface area contributed by atoms with E-state index in [4.69, 9.17) is 0 Å². The molecule has 0 spiro atoms. The lowest BCUT2D eigenvalue weighted by Crippen LogP contribution is -2.37. The maximum atomic E-state index is 13.8. The summed E-state index contributed by atoms with van der Waals surface area (Å²) >= 11 is 5.14. The smallest absolute Gasteiger partial charge is 0.258 e. The first-order chi connectivity index (χ1) is 20.4. The molecule has 2 aromatic heterocycles. The Morgan fingerprint density at radius 2 is 1.74 bits per heavy atom. The zero-order chi connectivity index (χ0) is 28.8. The number of pyridine rings is 1. The third kappa shape index (κ3) is 5.39. The highest BCUT2D eigenvalue weighted by molar-refractivity contribution is 9.10. The minimum Gasteiger partial charge on any atom is -0.356 e. The van der Waals surface area contributed by atoms with Crippen molar-refractivity contribution < 1.29 is 14.4 Å². The Balaban J connectivity index is 1.08. The minimum atomic E-state index is -0.245. The van der Waals surface area contributed by atoms with Crippen molar-refractivity contribution in [3.8, 4) is 10.4 Å². The Bertz CT molecular complexity index is 1690. The maximum absolute atomic E-state index is 13.8. The Morgan fingerprint density at radius 3 is 2.43 bits per heavy atom. The molecule has 4 heterocycles. The van der Waals surface area contributed by atoms with Crippen LogP contribution in [0.2, 0.25) is 0 Å². The number of halogens is 1. The van der Waals surface area contributed by atoms with E-state index in [2.05, 4.69) is 31.1 Å². The number of Topliss-reactive ketones (excluding diaryl/α,β-unsaturated/α-hetero) is 1. The predicted molar refractivity (Wildman–Crippen MR) is 170 cm³/mol. The first kappa shape index (κ1) is 27.0. The molecule has 9 heteroatoms. The zero-order valence-corrected chi connectivity index (χ0v) is 25.3. The molecule has 1 aliphatic carbocycles. The second-order valence-corrected chi connectivity index (χ2v) is 13.1. The minimum absolute atomic E-state index is 0.109. The van der Waals surface area contributed by atoms with Gasteiger partial charge in [-0.3, -0.25) is 14.4 Å². The SMILES string of the molecule is O=C(Nc1ccc(C(=O)N2CCc3cc(C(=O)CC4CC4)sc3-c3cc(Br)ccc32)cc1)c1ccc(N2CCC2)nc1. The molecule has 7 nitrogen and oxygen atoms in total. The molecule has 212 valence electrons. The van der Waals surface area contributed by atoms with Crippen molar-refractivity contribution in [2.45, 2.75) is 32.1 Å². The molecule has 0 unspecified atom stereocenters. The van der Waals surface area contributed by atoms with Gasteiger partial charge < -0.3 is 15.1 Å². The van der Waals surface area contributed by atoms with Crippen molar-refractivity contribution in [3.05, 3.63) is 92.9 Å². The fourth-order valence-corrected chi connectivity index (χ4v) is 7.01. The molecule has 2 amide bonds. The van der Waals surface area contributed by atoms with Gasteiger partial charge in [0.25, 0.3) is 11.8 Å². The van der Waals surface area contributed by atoms with E-state index in [1.807, 2.05) is 35.2 Å². The second-order valence-electron chi connectivity index (χ2n) is 11.2. The number of carbonyl (C=O) groups is 3. The molecular formula is C33H29BrN4O3S. The summed E-state index contributed by atoms with van der Waals surface area (Å²) in [7, 11) is 0. The Labute approximate surface area is 256 Å². The van der Waals surface area contributed by atoms with Gasteiger partial charge in [-0.2, -0.15) is 0 Å². The number of rotatable bonds is 7. The fraction of sp³-hybridized carbons (Fsp3) is 0.273. The summed E-state index contributed by atoms with van der Waals surface area (Å²) in [6.07, 6.45) is 6.37. The van der Waals surface area contributed by atoms with E-state index in [1.165, 1.54) is 6.42 Å². The van der Waals surface area contributed by atoms with Crippen molar-refractivity contribution in [1.82, 2.24) is 4.98 Å². The van der Waals surface area contributed by atoms with Crippen LogP contribution in [0.4, 0.5) is 17.2 Å². The summed E-state index contributed by atoms with van der Waals surface area (Å²) in [5.74, 6) is 1.31. The normalized spacial score (nSPS) is 15.7. The largest absolute Gasteiger partial charge is 0.356 e. The summed E-state index contributed by atoms with van der Waals surface area (Å²) in [4.78, 5) is 49.8. The lowest BCUT2D eigenvalue weighted by Gasteiger charge is -2.31. The summed E-state index contributed by atoms with van der Waals surface area (Å²) in [6, 6.07) is 18.6. The van der Waals surface area contributed by atoms with E-state index in [-0.39, 0.29) is 17.6 Å². The van der Waals surface area contributed by atoms with Crippen LogP contribution >= 0.6 is 27.3 Å². The average molecular weight is 642 g/mol. The molecular weight excluding hydrogens is 612 g/mol. The molecule has 2 aliphatic heterocycles. The number of hydrogen-bond donors (Lipinski definition) is 1. The molecule has 0 radical (unpaired) electrons. The van der Waals surface area contributed by atoms with Crippen LogP contribution in [-0.4, -0.2) is 42.2 Å². The highest BCUT2D eigenvalue weighted by Crippen LogP contribution is 2.44. The van der Waals surface area contributed by atoms with Crippen molar-refractivity contribution >= 4 is 62.1 Å². The van der Waals surface area contributed by atoms with Crippen molar-refractivity contribution in [1.29, 1.82) is 0 Å². The Hall–Kier alpha value is -3.82. The zero-order valence-electron chi connectivity index (χ0n) is 22.9. The van der Waals surface area contributed by atoms with Gasteiger partial charge in [0.05, 0.1) is 16.1 Å². The topological polar surface area (TPSA) is 82.6 Å². The van der Waals surface area contributed by atoms with Crippen LogP contribution in [0.5, 0.6) is 0 Å². The summed E-state index contributed by atoms with van der Waals surface area (Å²) < 4.78 is 0.922. The number of hydrogen-bond acceptors (Lipinski definition) is 6. The van der Waals surface area contributed by atoms with Gasteiger partial charge in [-0.1, -0.05) is 15.9 Å². The van der Waals surface area contributed by atoms with Crippen LogP contribution in [0.1, 0.15) is 61.6 Å². The molecule has 3 aliphatic rings. The second kappa shape index (κ2) is 11.1. The third-order valence-corrected chi connectivity index (χ3v) is 9.92. The molecule has 1 saturated heterocycles. The number of benzene rings is 2. The van der Waals surface area contributed by atoms with Crippen molar-refractivity contribution in [2.75, 3.05) is 34.8 Å². The number of nitrogens with one attached hydrogen (secondary N) is 1. The van der Waals surface area contributed by atoms with Crippen molar-refractivity contribution in [2.24, 2.45) is 5.92 Å². The van der Waals surface area contributed by atoms with Crippen LogP contribution in [0.3, 0.4) is 0 Å². The Kier molecular flexibility index (Phi) is 7.15.